The van der Waals surface area contributed by atoms with E-state index >= 15 is 0 Å². The largest absolute Gasteiger partial charge is 0.501 e. The molecule has 0 aliphatic heterocycles. The fourth-order valence-corrected chi connectivity index (χ4v) is 8.48. The molecule has 0 bridgehead atoms. The number of para-hydroxylation sites is 3. The molecule has 57 heavy (non-hydrogen) atoms. The Bertz CT molecular complexity index is 2750. The number of aromatic nitrogens is 3. The minimum absolute atomic E-state index is 0. The van der Waals surface area contributed by atoms with Crippen molar-refractivity contribution in [2.45, 2.75) is 59.2 Å². The van der Waals surface area contributed by atoms with Gasteiger partial charge in [-0.05, 0) is 75.3 Å². The van der Waals surface area contributed by atoms with Gasteiger partial charge in [0.25, 0.3) is 0 Å². The number of imidazole rings is 1. The Kier molecular flexibility index (Phi) is 11.6. The summed E-state index contributed by atoms with van der Waals surface area (Å²) in [5, 5.41) is 3.58. The van der Waals surface area contributed by atoms with E-state index < -0.39 is 8.07 Å². The van der Waals surface area contributed by atoms with Crippen LogP contribution < -0.4 is 5.19 Å². The van der Waals surface area contributed by atoms with Gasteiger partial charge in [0.05, 0.1) is 30.5 Å². The van der Waals surface area contributed by atoms with E-state index in [0.29, 0.717) is 11.8 Å². The molecule has 1 radical (unpaired) electrons. The van der Waals surface area contributed by atoms with Gasteiger partial charge in [-0.25, -0.2) is 0 Å². The summed E-state index contributed by atoms with van der Waals surface area (Å²) in [4.78, 5) is 9.75. The van der Waals surface area contributed by atoms with Crippen molar-refractivity contribution in [3.63, 3.8) is 0 Å². The SMILES string of the molecule is CC(C)c1cc(-c2ccccc2)cc(C(C)C)c1-n1c(-c2[c-]ccc3c2oc2ccccc23)nc2ccccc21.C[Si](C)(C)c1ccc(-c2[c-]cccc2)nc1.[Ir]. The Labute approximate surface area is 351 Å². The molecule has 0 amide bonds. The van der Waals surface area contributed by atoms with Crippen molar-refractivity contribution in [2.75, 3.05) is 0 Å². The van der Waals surface area contributed by atoms with Gasteiger partial charge in [-0.1, -0.05) is 131 Å². The van der Waals surface area contributed by atoms with Crippen LogP contribution in [-0.4, -0.2) is 22.6 Å². The first-order chi connectivity index (χ1) is 27.1. The maximum Gasteiger partial charge on any atom is 0.120 e. The van der Waals surface area contributed by atoms with E-state index in [0.717, 1.165) is 55.6 Å². The first kappa shape index (κ1) is 39.8. The maximum atomic E-state index is 6.47. The standard InChI is InChI=1S/C37H31N2O.C14H16NSi.Ir/c1-23(2)30-21-26(25-13-6-5-7-14-25)22-31(24(3)4)35(30)39-33-19-10-9-18-32(33)38-37(39)29-17-12-16-28-27-15-8-11-20-34(27)40-36(28)29;1-16(2,3)13-9-10-14(15-11-13)12-7-5-4-6-8-12;/h5-16,18-24H,1-4H3;4-7,9-11H,1-3H3;/q2*-1;. The van der Waals surface area contributed by atoms with Crippen molar-refractivity contribution in [3.05, 3.63) is 169 Å². The molecule has 3 aromatic heterocycles. The molecule has 4 nitrogen and oxygen atoms in total. The van der Waals surface area contributed by atoms with Crippen molar-refractivity contribution in [1.29, 1.82) is 0 Å². The van der Waals surface area contributed by atoms with Crippen LogP contribution in [0.2, 0.25) is 19.6 Å². The molecule has 287 valence electrons. The van der Waals surface area contributed by atoms with Crippen LogP contribution in [0.5, 0.6) is 0 Å². The molecule has 9 rings (SSSR count). The van der Waals surface area contributed by atoms with Gasteiger partial charge in [-0.15, -0.1) is 54.1 Å². The van der Waals surface area contributed by atoms with E-state index in [1.807, 2.05) is 48.7 Å². The van der Waals surface area contributed by atoms with Crippen LogP contribution in [-0.2, 0) is 20.1 Å². The van der Waals surface area contributed by atoms with E-state index in [2.05, 4.69) is 166 Å². The Morgan fingerprint density at radius 1 is 0.649 bits per heavy atom. The molecule has 0 aliphatic rings. The quantitative estimate of drug-likeness (QED) is 0.118. The molecule has 0 N–H and O–H groups in total. The molecule has 0 unspecified atom stereocenters. The third-order valence-electron chi connectivity index (χ3n) is 10.5. The monoisotopic (exact) mass is 938 g/mol. The predicted molar refractivity (Wildman–Crippen MR) is 238 cm³/mol. The van der Waals surface area contributed by atoms with Crippen molar-refractivity contribution in [3.8, 4) is 39.5 Å². The Morgan fingerprint density at radius 3 is 2.00 bits per heavy atom. The van der Waals surface area contributed by atoms with E-state index in [1.54, 1.807) is 0 Å². The second-order valence-electron chi connectivity index (χ2n) is 16.1. The third-order valence-corrected chi connectivity index (χ3v) is 12.5. The molecule has 0 aliphatic carbocycles. The summed E-state index contributed by atoms with van der Waals surface area (Å²) in [6.45, 7) is 16.1. The minimum atomic E-state index is -1.23. The summed E-state index contributed by atoms with van der Waals surface area (Å²) in [6, 6.07) is 55.1. The zero-order valence-corrected chi connectivity index (χ0v) is 37.0. The fraction of sp³-hybridized carbons (Fsp3) is 0.176. The van der Waals surface area contributed by atoms with Crippen molar-refractivity contribution in [1.82, 2.24) is 14.5 Å². The molecule has 9 aromatic rings. The number of furan rings is 1. The Balaban J connectivity index is 0.000000246. The van der Waals surface area contributed by atoms with Crippen LogP contribution in [0.4, 0.5) is 0 Å². The van der Waals surface area contributed by atoms with Gasteiger partial charge in [-0.2, -0.15) is 0 Å². The van der Waals surface area contributed by atoms with E-state index in [1.165, 1.54) is 33.1 Å². The molecule has 0 atom stereocenters. The molecule has 0 fully saturated rings. The van der Waals surface area contributed by atoms with E-state index in [9.17, 15) is 0 Å². The summed E-state index contributed by atoms with van der Waals surface area (Å²) < 4.78 is 8.83. The summed E-state index contributed by atoms with van der Waals surface area (Å²) in [6.07, 6.45) is 2.02. The van der Waals surface area contributed by atoms with Gasteiger partial charge in [0.2, 0.25) is 0 Å². The van der Waals surface area contributed by atoms with Gasteiger partial charge in [0.15, 0.2) is 0 Å². The number of hydrogen-bond acceptors (Lipinski definition) is 3. The molecular weight excluding hydrogens is 891 g/mol. The van der Waals surface area contributed by atoms with Gasteiger partial charge in [0.1, 0.15) is 5.58 Å². The summed E-state index contributed by atoms with van der Waals surface area (Å²) in [5.74, 6) is 1.45. The molecule has 0 saturated carbocycles. The van der Waals surface area contributed by atoms with Crippen LogP contribution in [0.15, 0.2) is 150 Å². The van der Waals surface area contributed by atoms with Gasteiger partial charge in [-0.3, -0.25) is 4.98 Å². The fourth-order valence-electron chi connectivity index (χ4n) is 7.44. The minimum Gasteiger partial charge on any atom is -0.501 e. The van der Waals surface area contributed by atoms with Gasteiger partial charge < -0.3 is 14.0 Å². The van der Waals surface area contributed by atoms with Crippen LogP contribution in [0.25, 0.3) is 72.4 Å². The number of rotatable bonds is 7. The Morgan fingerprint density at radius 2 is 1.33 bits per heavy atom. The normalized spacial score (nSPS) is 11.6. The van der Waals surface area contributed by atoms with Crippen LogP contribution in [0, 0.1) is 12.1 Å². The maximum absolute atomic E-state index is 6.47. The van der Waals surface area contributed by atoms with Crippen LogP contribution in [0.1, 0.15) is 50.7 Å². The smallest absolute Gasteiger partial charge is 0.120 e. The first-order valence-electron chi connectivity index (χ1n) is 19.6. The summed E-state index contributed by atoms with van der Waals surface area (Å²) in [5.41, 5.74) is 12.9. The van der Waals surface area contributed by atoms with Gasteiger partial charge in [0, 0.05) is 37.4 Å². The molecule has 6 heteroatoms. The van der Waals surface area contributed by atoms with Gasteiger partial charge >= 0.3 is 0 Å². The number of hydrogen-bond donors (Lipinski definition) is 0. The average Bonchev–Trinajstić information content (AvgIpc) is 3.80. The molecule has 3 heterocycles. The van der Waals surface area contributed by atoms with Crippen molar-refractivity contribution >= 4 is 46.2 Å². The molecule has 0 saturated heterocycles. The average molecular weight is 938 g/mol. The molecule has 0 spiro atoms. The molecular formula is C51H47IrN3OSi-2. The summed E-state index contributed by atoms with van der Waals surface area (Å²) >= 11 is 0. The number of fused-ring (bicyclic) bond motifs is 4. The zero-order chi connectivity index (χ0) is 39.0. The van der Waals surface area contributed by atoms with E-state index in [4.69, 9.17) is 9.40 Å². The van der Waals surface area contributed by atoms with Crippen LogP contribution >= 0.6 is 0 Å². The number of nitrogens with zero attached hydrogens (tertiary/aromatic N) is 3. The van der Waals surface area contributed by atoms with Crippen molar-refractivity contribution < 1.29 is 24.5 Å². The summed E-state index contributed by atoms with van der Waals surface area (Å²) in [7, 11) is -1.23. The van der Waals surface area contributed by atoms with Crippen LogP contribution in [0.3, 0.4) is 0 Å². The first-order valence-corrected chi connectivity index (χ1v) is 23.1. The zero-order valence-electron chi connectivity index (χ0n) is 33.6. The third kappa shape index (κ3) is 7.95. The van der Waals surface area contributed by atoms with E-state index in [-0.39, 0.29) is 20.1 Å². The topological polar surface area (TPSA) is 43.9 Å². The molecule has 6 aromatic carbocycles. The predicted octanol–water partition coefficient (Wildman–Crippen LogP) is 13.4. The second kappa shape index (κ2) is 16.6. The second-order valence-corrected chi connectivity index (χ2v) is 21.2. The Hall–Kier alpha value is -5.39. The number of benzene rings is 6. The number of pyridine rings is 1. The van der Waals surface area contributed by atoms with Crippen molar-refractivity contribution in [2.24, 2.45) is 0 Å².